The second kappa shape index (κ2) is 13.6. The molecule has 2 saturated heterocycles. The Morgan fingerprint density at radius 2 is 1.90 bits per heavy atom. The van der Waals surface area contributed by atoms with E-state index in [0.29, 0.717) is 22.9 Å². The van der Waals surface area contributed by atoms with Crippen LogP contribution in [0, 0.1) is 23.0 Å². The highest BCUT2D eigenvalue weighted by Gasteiger charge is 2.38. The lowest BCUT2D eigenvalue weighted by Crippen LogP contribution is -2.53. The van der Waals surface area contributed by atoms with E-state index >= 15 is 8.78 Å². The number of carbonyl (C=O) groups is 1. The Bertz CT molecular complexity index is 2000. The molecule has 1 amide bonds. The monoisotopic (exact) mass is 706 g/mol. The molecule has 0 radical (unpaired) electrons. The fourth-order valence-corrected chi connectivity index (χ4v) is 8.41. The largest absolute Gasteiger partial charge is 0.444 e. The summed E-state index contributed by atoms with van der Waals surface area (Å²) in [6, 6.07) is 2.50. The van der Waals surface area contributed by atoms with Crippen molar-refractivity contribution in [1.29, 1.82) is 5.26 Å². The molecular formula is C35H40F2N8O4S. The molecule has 0 saturated carbocycles. The van der Waals surface area contributed by atoms with Crippen molar-refractivity contribution in [3.8, 4) is 17.3 Å². The van der Waals surface area contributed by atoms with Gasteiger partial charge in [-0.2, -0.15) is 5.26 Å². The molecule has 3 aliphatic rings. The molecule has 1 N–H and O–H groups in total. The Morgan fingerprint density at radius 1 is 1.14 bits per heavy atom. The number of halogens is 2. The molecule has 12 nitrogen and oxygen atoms in total. The number of benzene rings is 1. The van der Waals surface area contributed by atoms with Gasteiger partial charge in [-0.25, -0.2) is 23.5 Å². The SMILES string of the molecule is COCCN1CCN([C@H]2CCN(c3ncc4c5c(c(-c6ncc(F)c7sc(NC(=O)OC(C)(C)C)c(C#N)c67)c(F)c4n3)COC5)[C@H]2C)CC1. The Morgan fingerprint density at radius 3 is 2.62 bits per heavy atom. The molecule has 0 aliphatic carbocycles. The first-order valence-electron chi connectivity index (χ1n) is 16.8. The van der Waals surface area contributed by atoms with Crippen molar-refractivity contribution < 1.29 is 27.8 Å². The molecule has 0 spiro atoms. The number of nitrogens with one attached hydrogen (secondary N) is 1. The third-order valence-electron chi connectivity index (χ3n) is 9.78. The number of methoxy groups -OCH3 is 1. The Balaban J connectivity index is 1.26. The molecular weight excluding hydrogens is 666 g/mol. The number of aromatic nitrogens is 3. The van der Waals surface area contributed by atoms with E-state index in [1.54, 1.807) is 34.1 Å². The lowest BCUT2D eigenvalue weighted by atomic mass is 9.94. The summed E-state index contributed by atoms with van der Waals surface area (Å²) in [7, 11) is 1.73. The maximum atomic E-state index is 17.0. The van der Waals surface area contributed by atoms with Crippen molar-refractivity contribution in [1.82, 2.24) is 24.8 Å². The van der Waals surface area contributed by atoms with Crippen LogP contribution in [-0.2, 0) is 27.4 Å². The number of anilines is 2. The lowest BCUT2D eigenvalue weighted by Gasteiger charge is -2.40. The number of nitrogens with zero attached hydrogens (tertiary/aromatic N) is 7. The van der Waals surface area contributed by atoms with Crippen LogP contribution in [-0.4, -0.2) is 102 Å². The standard InChI is InChI=1S/C35H40F2N8O4S/c1-19-25(44-10-8-43(9-11-44)12-13-47-5)6-7-45(19)33-40-15-21-22-17-48-18-23(22)26(28(37)29(21)41-33)30-27-20(14-38)32(42-34(46)49-35(2,3)4)50-31(27)24(36)16-39-30/h15-16,19,25H,6-13,17-18H2,1-5H3,(H,42,46)/t19-,25-/m0/s1. The summed E-state index contributed by atoms with van der Waals surface area (Å²) in [4.78, 5) is 33.6. The lowest BCUT2D eigenvalue weighted by molar-refractivity contribution is 0.0636. The van der Waals surface area contributed by atoms with Gasteiger partial charge in [-0.05, 0) is 45.2 Å². The average molecular weight is 707 g/mol. The molecule has 15 heteroatoms. The molecule has 3 aromatic heterocycles. The molecule has 4 aromatic rings. The van der Waals surface area contributed by atoms with E-state index < -0.39 is 23.3 Å². The smallest absolute Gasteiger partial charge is 0.412 e. The maximum absolute atomic E-state index is 17.0. The van der Waals surface area contributed by atoms with Gasteiger partial charge >= 0.3 is 6.09 Å². The molecule has 50 heavy (non-hydrogen) atoms. The predicted molar refractivity (Wildman–Crippen MR) is 186 cm³/mol. The topological polar surface area (TPSA) is 129 Å². The molecule has 6 heterocycles. The zero-order chi connectivity index (χ0) is 35.3. The van der Waals surface area contributed by atoms with Crippen LogP contribution >= 0.6 is 11.3 Å². The van der Waals surface area contributed by atoms with Gasteiger partial charge in [0, 0.05) is 81.0 Å². The number of fused-ring (bicyclic) bond motifs is 4. The summed E-state index contributed by atoms with van der Waals surface area (Å²) in [6.07, 6.45) is 2.81. The Kier molecular flexibility index (Phi) is 9.33. The second-order valence-corrected chi connectivity index (χ2v) is 15.0. The minimum atomic E-state index is -0.798. The molecule has 2 fully saturated rings. The highest BCUT2D eigenvalue weighted by atomic mass is 32.1. The van der Waals surface area contributed by atoms with Crippen LogP contribution in [0.1, 0.15) is 50.8 Å². The molecule has 264 valence electrons. The van der Waals surface area contributed by atoms with Gasteiger partial charge in [0.25, 0.3) is 0 Å². The number of amides is 1. The quantitative estimate of drug-likeness (QED) is 0.256. The zero-order valence-corrected chi connectivity index (χ0v) is 29.6. The van der Waals surface area contributed by atoms with Crippen LogP contribution in [0.2, 0.25) is 0 Å². The van der Waals surface area contributed by atoms with Crippen molar-refractivity contribution in [2.75, 3.05) is 63.2 Å². The third kappa shape index (κ3) is 6.24. The van der Waals surface area contributed by atoms with Gasteiger partial charge in [0.05, 0.1) is 42.0 Å². The van der Waals surface area contributed by atoms with Crippen LogP contribution < -0.4 is 10.2 Å². The number of rotatable bonds is 7. The first kappa shape index (κ1) is 34.4. The number of carbonyl (C=O) groups excluding carboxylic acids is 1. The van der Waals surface area contributed by atoms with Crippen molar-refractivity contribution in [2.24, 2.45) is 0 Å². The van der Waals surface area contributed by atoms with Crippen molar-refractivity contribution >= 4 is 49.4 Å². The van der Waals surface area contributed by atoms with E-state index in [2.05, 4.69) is 38.0 Å². The third-order valence-corrected chi connectivity index (χ3v) is 10.9. The fraction of sp³-hybridized carbons (Fsp3) is 0.514. The van der Waals surface area contributed by atoms with E-state index in [1.807, 2.05) is 0 Å². The second-order valence-electron chi connectivity index (χ2n) is 13.9. The van der Waals surface area contributed by atoms with E-state index in [0.717, 1.165) is 75.4 Å². The molecule has 0 unspecified atom stereocenters. The summed E-state index contributed by atoms with van der Waals surface area (Å²) in [5.41, 5.74) is 0.712. The summed E-state index contributed by atoms with van der Waals surface area (Å²) in [6.45, 7) is 13.9. The van der Waals surface area contributed by atoms with Crippen molar-refractivity contribution in [2.45, 2.75) is 65.0 Å². The van der Waals surface area contributed by atoms with Gasteiger partial charge in [0.2, 0.25) is 5.95 Å². The maximum Gasteiger partial charge on any atom is 0.412 e. The van der Waals surface area contributed by atoms with E-state index in [9.17, 15) is 10.1 Å². The Labute approximate surface area is 292 Å². The van der Waals surface area contributed by atoms with Gasteiger partial charge in [-0.15, -0.1) is 11.3 Å². The number of ether oxygens (including phenoxy) is 3. The van der Waals surface area contributed by atoms with Gasteiger partial charge in [0.15, 0.2) is 11.6 Å². The fourth-order valence-electron chi connectivity index (χ4n) is 7.37. The number of piperazine rings is 1. The van der Waals surface area contributed by atoms with Gasteiger partial charge < -0.3 is 19.1 Å². The zero-order valence-electron chi connectivity index (χ0n) is 28.8. The molecule has 7 rings (SSSR count). The first-order chi connectivity index (χ1) is 24.0. The predicted octanol–water partition coefficient (Wildman–Crippen LogP) is 5.66. The minimum Gasteiger partial charge on any atom is -0.444 e. The summed E-state index contributed by atoms with van der Waals surface area (Å²) >= 11 is 0.868. The van der Waals surface area contributed by atoms with Crippen LogP contribution in [0.15, 0.2) is 12.4 Å². The van der Waals surface area contributed by atoms with Gasteiger partial charge in [0.1, 0.15) is 22.2 Å². The normalized spacial score (nSPS) is 20.1. The average Bonchev–Trinajstić information content (AvgIpc) is 3.81. The van der Waals surface area contributed by atoms with Crippen LogP contribution in [0.5, 0.6) is 0 Å². The number of thiophene rings is 1. The highest BCUT2D eigenvalue weighted by Crippen LogP contribution is 2.46. The number of hydrogen-bond acceptors (Lipinski definition) is 12. The van der Waals surface area contributed by atoms with Crippen LogP contribution in [0.25, 0.3) is 32.2 Å². The minimum absolute atomic E-state index is 0.0372. The van der Waals surface area contributed by atoms with Gasteiger partial charge in [-0.3, -0.25) is 20.1 Å². The van der Waals surface area contributed by atoms with Crippen molar-refractivity contribution in [3.05, 3.63) is 40.7 Å². The number of hydrogen-bond donors (Lipinski definition) is 1. The summed E-state index contributed by atoms with van der Waals surface area (Å²) < 4.78 is 48.8. The number of pyridine rings is 1. The number of nitriles is 1. The molecule has 1 aromatic carbocycles. The summed E-state index contributed by atoms with van der Waals surface area (Å²) in [5.74, 6) is -0.917. The van der Waals surface area contributed by atoms with E-state index in [1.165, 1.54) is 0 Å². The van der Waals surface area contributed by atoms with Crippen molar-refractivity contribution in [3.63, 3.8) is 0 Å². The molecule has 0 bridgehead atoms. The molecule has 2 atom stereocenters. The van der Waals surface area contributed by atoms with Crippen LogP contribution in [0.4, 0.5) is 24.5 Å². The first-order valence-corrected chi connectivity index (χ1v) is 17.6. The van der Waals surface area contributed by atoms with Crippen LogP contribution in [0.3, 0.4) is 0 Å². The van der Waals surface area contributed by atoms with Gasteiger partial charge in [-0.1, -0.05) is 0 Å². The van der Waals surface area contributed by atoms with E-state index in [4.69, 9.17) is 24.2 Å². The van der Waals surface area contributed by atoms with E-state index in [-0.39, 0.29) is 56.7 Å². The highest BCUT2D eigenvalue weighted by molar-refractivity contribution is 7.23. The Hall–Kier alpha value is -4.07. The summed E-state index contributed by atoms with van der Waals surface area (Å²) in [5, 5.41) is 13.5. The molecule has 3 aliphatic heterocycles.